The maximum Gasteiger partial charge on any atom is 0.472 e. The molecule has 0 aromatic heterocycles. The van der Waals surface area contributed by atoms with Gasteiger partial charge in [0, 0.05) is 12.8 Å². The number of carbonyl (C=O) groups excluding carboxylic acids is 2. The average Bonchev–Trinajstić information content (AvgIpc) is 3.29. The lowest BCUT2D eigenvalue weighted by Gasteiger charge is -2.19. The van der Waals surface area contributed by atoms with E-state index in [2.05, 4.69) is 51.7 Å². The Hall–Kier alpha value is -1.48. The van der Waals surface area contributed by atoms with E-state index < -0.39 is 85.5 Å². The number of phosphoric ester groups is 2. The summed E-state index contributed by atoms with van der Waals surface area (Å²) < 4.78 is 53.1. The van der Waals surface area contributed by atoms with Crippen LogP contribution in [0.3, 0.4) is 0 Å². The molecule has 0 bridgehead atoms. The fourth-order valence-corrected chi connectivity index (χ4v) is 8.48. The van der Waals surface area contributed by atoms with E-state index in [1.165, 1.54) is 128 Å². The fraction of sp³-hybridized carbons (Fsp3) is 0.878. The van der Waals surface area contributed by atoms with Gasteiger partial charge in [-0.2, -0.15) is 0 Å². The van der Waals surface area contributed by atoms with Gasteiger partial charge >= 0.3 is 27.6 Å². The van der Waals surface area contributed by atoms with Crippen LogP contribution in [-0.2, 0) is 46.3 Å². The summed E-state index contributed by atoms with van der Waals surface area (Å²) in [5.41, 5.74) is 0. The molecule has 0 spiro atoms. The number of hydrogen-bond donors (Lipinski definition) is 5. The second-order valence-electron chi connectivity index (χ2n) is 17.5. The van der Waals surface area contributed by atoms with Gasteiger partial charge in [-0.1, -0.05) is 186 Å². The molecule has 0 aliphatic heterocycles. The highest BCUT2D eigenvalue weighted by Crippen LogP contribution is 2.45. The van der Waals surface area contributed by atoms with Crippen molar-refractivity contribution >= 4 is 27.6 Å². The molecule has 0 aromatic rings. The highest BCUT2D eigenvalue weighted by molar-refractivity contribution is 7.47. The van der Waals surface area contributed by atoms with Gasteiger partial charge in [0.2, 0.25) is 0 Å². The fourth-order valence-electron chi connectivity index (χ4n) is 6.89. The maximum atomic E-state index is 12.2. The van der Waals surface area contributed by atoms with Crippen molar-refractivity contribution in [2.75, 3.05) is 39.6 Å². The summed E-state index contributed by atoms with van der Waals surface area (Å²) in [5, 5.41) is 30.1. The van der Waals surface area contributed by atoms with E-state index in [1.54, 1.807) is 0 Å². The van der Waals surface area contributed by atoms with E-state index in [4.69, 9.17) is 14.0 Å². The lowest BCUT2D eigenvalue weighted by atomic mass is 10.0. The molecule has 17 heteroatoms. The van der Waals surface area contributed by atoms with E-state index >= 15 is 0 Å². The zero-order chi connectivity index (χ0) is 48.8. The number of ether oxygens (including phenoxy) is 2. The molecule has 5 unspecified atom stereocenters. The number of aliphatic hydroxyl groups excluding tert-OH is 3. The van der Waals surface area contributed by atoms with Crippen molar-refractivity contribution in [3.8, 4) is 0 Å². The van der Waals surface area contributed by atoms with Crippen LogP contribution in [-0.4, -0.2) is 95.0 Å². The minimum Gasteiger partial charge on any atom is -0.463 e. The minimum absolute atomic E-state index is 0.193. The molecular formula is C49H94O15P2. The van der Waals surface area contributed by atoms with Crippen molar-refractivity contribution in [2.24, 2.45) is 0 Å². The van der Waals surface area contributed by atoms with Crippen LogP contribution in [0.25, 0.3) is 0 Å². The number of aliphatic hydroxyl groups is 3. The van der Waals surface area contributed by atoms with Crippen molar-refractivity contribution in [2.45, 2.75) is 238 Å². The Balaban J connectivity index is 3.84. The Kier molecular flexibility index (Phi) is 44.9. The highest BCUT2D eigenvalue weighted by Gasteiger charge is 2.28. The van der Waals surface area contributed by atoms with Gasteiger partial charge in [-0.25, -0.2) is 9.13 Å². The normalized spacial score (nSPS) is 15.2. The van der Waals surface area contributed by atoms with Gasteiger partial charge in [0.25, 0.3) is 0 Å². The maximum absolute atomic E-state index is 12.2. The Bertz CT molecular complexity index is 1280. The molecule has 5 atom stereocenters. The minimum atomic E-state index is -4.78. The van der Waals surface area contributed by atoms with Gasteiger partial charge in [0.15, 0.2) is 0 Å². The van der Waals surface area contributed by atoms with Gasteiger partial charge in [-0.3, -0.25) is 27.7 Å². The molecule has 390 valence electrons. The topological polar surface area (TPSA) is 225 Å². The molecule has 0 fully saturated rings. The van der Waals surface area contributed by atoms with Crippen molar-refractivity contribution in [1.29, 1.82) is 0 Å². The van der Waals surface area contributed by atoms with E-state index in [9.17, 15) is 43.8 Å². The van der Waals surface area contributed by atoms with E-state index in [-0.39, 0.29) is 12.8 Å². The number of phosphoric acid groups is 2. The number of allylic oxidation sites excluding steroid dienone is 4. The van der Waals surface area contributed by atoms with Crippen LogP contribution in [0.1, 0.15) is 219 Å². The van der Waals surface area contributed by atoms with Crippen LogP contribution in [0.5, 0.6) is 0 Å². The Labute approximate surface area is 399 Å². The van der Waals surface area contributed by atoms with Crippen LogP contribution in [0.4, 0.5) is 0 Å². The summed E-state index contributed by atoms with van der Waals surface area (Å²) in [6.45, 7) is 0.430. The lowest BCUT2D eigenvalue weighted by Crippen LogP contribution is -2.25. The smallest absolute Gasteiger partial charge is 0.463 e. The third kappa shape index (κ3) is 47.6. The first-order valence-electron chi connectivity index (χ1n) is 25.7. The summed E-state index contributed by atoms with van der Waals surface area (Å²) in [5.74, 6) is -0.991. The molecule has 0 amide bonds. The molecule has 0 saturated carbocycles. The Morgan fingerprint density at radius 3 is 0.985 bits per heavy atom. The standard InChI is InChI=1S/C49H94O15P2/c1-3-5-7-9-11-13-15-17-19-20-21-22-24-26-28-30-32-34-36-38-49(54)60-40-46(51)42-62-66(57,58)64-44-47(52)43-63-65(55,56)61-41-45(50)39-59-48(53)37-35-33-31-29-27-25-23-18-16-14-12-10-8-6-4-2/h11,13,17,19,45-47,50-52H,3-10,12,14-16,18,20-44H2,1-2H3,(H,55,56)(H,57,58)/b13-11-,19-17-. The zero-order valence-corrected chi connectivity index (χ0v) is 42.9. The van der Waals surface area contributed by atoms with Crippen molar-refractivity contribution in [3.63, 3.8) is 0 Å². The second kappa shape index (κ2) is 45.9. The van der Waals surface area contributed by atoms with Crippen molar-refractivity contribution in [1.82, 2.24) is 0 Å². The zero-order valence-electron chi connectivity index (χ0n) is 41.1. The third-order valence-electron chi connectivity index (χ3n) is 10.9. The number of carbonyl (C=O) groups is 2. The van der Waals surface area contributed by atoms with Gasteiger partial charge < -0.3 is 34.6 Å². The summed E-state index contributed by atoms with van der Waals surface area (Å²) >= 11 is 0. The molecule has 0 saturated heterocycles. The van der Waals surface area contributed by atoms with E-state index in [0.29, 0.717) is 12.8 Å². The first kappa shape index (κ1) is 64.5. The number of rotatable bonds is 50. The molecule has 5 N–H and O–H groups in total. The predicted molar refractivity (Wildman–Crippen MR) is 261 cm³/mol. The molecule has 0 radical (unpaired) electrons. The molecule has 66 heavy (non-hydrogen) atoms. The Morgan fingerprint density at radius 1 is 0.394 bits per heavy atom. The summed E-state index contributed by atoms with van der Waals surface area (Å²) in [6.07, 6.45) is 40.1. The van der Waals surface area contributed by atoms with Gasteiger partial charge in [-0.15, -0.1) is 0 Å². The van der Waals surface area contributed by atoms with Crippen LogP contribution >= 0.6 is 15.6 Å². The van der Waals surface area contributed by atoms with Crippen LogP contribution in [0, 0.1) is 0 Å². The predicted octanol–water partition coefficient (Wildman–Crippen LogP) is 12.1. The SMILES string of the molecule is CCCCC/C=C\C/C=C\CCCCCCCCCCCC(=O)OCC(O)COP(=O)(O)OCC(O)COP(=O)(O)OCC(O)COC(=O)CCCCCCCCCCCCCCCCC. The number of hydrogen-bond acceptors (Lipinski definition) is 13. The van der Waals surface area contributed by atoms with Gasteiger partial charge in [-0.05, 0) is 44.9 Å². The molecule has 0 rings (SSSR count). The van der Waals surface area contributed by atoms with Crippen LogP contribution in [0.2, 0.25) is 0 Å². The molecule has 0 heterocycles. The highest BCUT2D eigenvalue weighted by atomic mass is 31.2. The van der Waals surface area contributed by atoms with Crippen molar-refractivity contribution in [3.05, 3.63) is 24.3 Å². The van der Waals surface area contributed by atoms with Gasteiger partial charge in [0.1, 0.15) is 31.5 Å². The van der Waals surface area contributed by atoms with Crippen LogP contribution < -0.4 is 0 Å². The number of unbranched alkanes of at least 4 members (excludes halogenated alkanes) is 26. The third-order valence-corrected chi connectivity index (χ3v) is 12.8. The van der Waals surface area contributed by atoms with Crippen molar-refractivity contribution < 1.29 is 71.4 Å². The number of esters is 2. The second-order valence-corrected chi connectivity index (χ2v) is 20.4. The molecule has 0 aromatic carbocycles. The summed E-state index contributed by atoms with van der Waals surface area (Å²) in [6, 6.07) is 0. The Morgan fingerprint density at radius 2 is 0.652 bits per heavy atom. The van der Waals surface area contributed by atoms with E-state index in [1.807, 2.05) is 0 Å². The summed E-state index contributed by atoms with van der Waals surface area (Å²) in [4.78, 5) is 43.8. The van der Waals surface area contributed by atoms with Crippen LogP contribution in [0.15, 0.2) is 24.3 Å². The quantitative estimate of drug-likeness (QED) is 0.0165. The van der Waals surface area contributed by atoms with E-state index in [0.717, 1.165) is 51.4 Å². The lowest BCUT2D eigenvalue weighted by molar-refractivity contribution is -0.148. The largest absolute Gasteiger partial charge is 0.472 e. The molecule has 0 aliphatic carbocycles. The first-order valence-corrected chi connectivity index (χ1v) is 28.7. The average molecular weight is 985 g/mol. The molecular weight excluding hydrogens is 890 g/mol. The monoisotopic (exact) mass is 985 g/mol. The molecule has 15 nitrogen and oxygen atoms in total. The summed E-state index contributed by atoms with van der Waals surface area (Å²) in [7, 11) is -9.57. The first-order chi connectivity index (χ1) is 31.8. The molecule has 0 aliphatic rings. The van der Waals surface area contributed by atoms with Gasteiger partial charge in [0.05, 0.1) is 26.4 Å².